The third-order valence-corrected chi connectivity index (χ3v) is 2.97. The van der Waals surface area contributed by atoms with Crippen molar-refractivity contribution in [1.82, 2.24) is 5.32 Å². The maximum atomic E-state index is 13.1. The molecule has 0 amide bonds. The second kappa shape index (κ2) is 6.66. The zero-order valence-electron chi connectivity index (χ0n) is 10.4. The Kier molecular flexibility index (Phi) is 4.91. The standard InChI is InChI=1S/C15H15ClFNO/c16-14-5-13(6-15(17)7-14)9-18-8-11-2-1-3-12(4-11)10-19/h1-7,18-19H,8-10H2. The first-order valence-corrected chi connectivity index (χ1v) is 6.39. The van der Waals surface area contributed by atoms with Crippen LogP contribution >= 0.6 is 11.6 Å². The SMILES string of the molecule is OCc1cccc(CNCc2cc(F)cc(Cl)c2)c1. The first-order valence-electron chi connectivity index (χ1n) is 6.02. The summed E-state index contributed by atoms with van der Waals surface area (Å²) in [6.07, 6.45) is 0. The van der Waals surface area contributed by atoms with Crippen LogP contribution in [0.15, 0.2) is 42.5 Å². The largest absolute Gasteiger partial charge is 0.392 e. The zero-order chi connectivity index (χ0) is 13.7. The van der Waals surface area contributed by atoms with E-state index < -0.39 is 0 Å². The van der Waals surface area contributed by atoms with Crippen LogP contribution in [0.3, 0.4) is 0 Å². The monoisotopic (exact) mass is 279 g/mol. The van der Waals surface area contributed by atoms with Crippen LogP contribution in [0.2, 0.25) is 5.02 Å². The van der Waals surface area contributed by atoms with Gasteiger partial charge in [-0.05, 0) is 34.9 Å². The summed E-state index contributed by atoms with van der Waals surface area (Å²) in [5, 5.41) is 12.7. The number of hydrogen-bond acceptors (Lipinski definition) is 2. The van der Waals surface area contributed by atoms with Gasteiger partial charge in [0.05, 0.1) is 6.61 Å². The van der Waals surface area contributed by atoms with E-state index >= 15 is 0 Å². The minimum atomic E-state index is -0.327. The Bertz CT molecular complexity index is 539. The Balaban J connectivity index is 1.92. The van der Waals surface area contributed by atoms with E-state index in [1.807, 2.05) is 24.3 Å². The van der Waals surface area contributed by atoms with Gasteiger partial charge in [-0.1, -0.05) is 35.9 Å². The summed E-state index contributed by atoms with van der Waals surface area (Å²) in [7, 11) is 0. The van der Waals surface area contributed by atoms with Crippen LogP contribution in [0.4, 0.5) is 4.39 Å². The topological polar surface area (TPSA) is 32.3 Å². The van der Waals surface area contributed by atoms with Crippen LogP contribution in [0.1, 0.15) is 16.7 Å². The maximum absolute atomic E-state index is 13.1. The zero-order valence-corrected chi connectivity index (χ0v) is 11.1. The molecule has 0 aliphatic carbocycles. The molecule has 0 bridgehead atoms. The van der Waals surface area contributed by atoms with Crippen molar-refractivity contribution in [2.24, 2.45) is 0 Å². The van der Waals surface area contributed by atoms with Crippen LogP contribution in [0.25, 0.3) is 0 Å². The van der Waals surface area contributed by atoms with Gasteiger partial charge in [-0.2, -0.15) is 0 Å². The summed E-state index contributed by atoms with van der Waals surface area (Å²) < 4.78 is 13.1. The molecule has 0 spiro atoms. The van der Waals surface area contributed by atoms with Gasteiger partial charge >= 0.3 is 0 Å². The van der Waals surface area contributed by atoms with E-state index in [-0.39, 0.29) is 12.4 Å². The molecule has 0 radical (unpaired) electrons. The fraction of sp³-hybridized carbons (Fsp3) is 0.200. The lowest BCUT2D eigenvalue weighted by Gasteiger charge is -2.07. The van der Waals surface area contributed by atoms with Crippen molar-refractivity contribution in [3.05, 3.63) is 70.0 Å². The van der Waals surface area contributed by atoms with Crippen molar-refractivity contribution in [1.29, 1.82) is 0 Å². The Hall–Kier alpha value is -1.42. The molecule has 19 heavy (non-hydrogen) atoms. The number of benzene rings is 2. The third kappa shape index (κ3) is 4.31. The molecule has 0 fully saturated rings. The molecule has 0 atom stereocenters. The van der Waals surface area contributed by atoms with Gasteiger partial charge < -0.3 is 10.4 Å². The molecule has 0 aliphatic heterocycles. The molecule has 2 nitrogen and oxygen atoms in total. The molecule has 0 saturated heterocycles. The van der Waals surface area contributed by atoms with Crippen LogP contribution < -0.4 is 5.32 Å². The van der Waals surface area contributed by atoms with Gasteiger partial charge in [0.2, 0.25) is 0 Å². The number of nitrogens with one attached hydrogen (secondary N) is 1. The Morgan fingerprint density at radius 3 is 2.47 bits per heavy atom. The van der Waals surface area contributed by atoms with Crippen molar-refractivity contribution in [3.8, 4) is 0 Å². The van der Waals surface area contributed by atoms with Crippen molar-refractivity contribution >= 4 is 11.6 Å². The molecule has 2 rings (SSSR count). The summed E-state index contributed by atoms with van der Waals surface area (Å²) in [6, 6.07) is 12.2. The number of aliphatic hydroxyl groups is 1. The van der Waals surface area contributed by atoms with Crippen molar-refractivity contribution < 1.29 is 9.50 Å². The van der Waals surface area contributed by atoms with E-state index in [4.69, 9.17) is 16.7 Å². The first-order chi connectivity index (χ1) is 9.17. The molecule has 0 heterocycles. The van der Waals surface area contributed by atoms with Gasteiger partial charge in [0.25, 0.3) is 0 Å². The van der Waals surface area contributed by atoms with Gasteiger partial charge in [-0.25, -0.2) is 4.39 Å². The lowest BCUT2D eigenvalue weighted by atomic mass is 10.1. The molecule has 2 aromatic carbocycles. The van der Waals surface area contributed by atoms with Gasteiger partial charge in [0, 0.05) is 18.1 Å². The highest BCUT2D eigenvalue weighted by Gasteiger charge is 2.00. The Morgan fingerprint density at radius 2 is 1.74 bits per heavy atom. The average molecular weight is 280 g/mol. The molecule has 0 aliphatic rings. The Morgan fingerprint density at radius 1 is 1.00 bits per heavy atom. The second-order valence-electron chi connectivity index (χ2n) is 4.36. The minimum absolute atomic E-state index is 0.0351. The van der Waals surface area contributed by atoms with Crippen molar-refractivity contribution in [2.45, 2.75) is 19.7 Å². The maximum Gasteiger partial charge on any atom is 0.125 e. The van der Waals surface area contributed by atoms with E-state index in [0.29, 0.717) is 18.1 Å². The highest BCUT2D eigenvalue weighted by atomic mass is 35.5. The van der Waals surface area contributed by atoms with Gasteiger partial charge in [-0.15, -0.1) is 0 Å². The van der Waals surface area contributed by atoms with Crippen LogP contribution in [0.5, 0.6) is 0 Å². The predicted molar refractivity (Wildman–Crippen MR) is 74.3 cm³/mol. The number of halogens is 2. The molecular weight excluding hydrogens is 265 g/mol. The lowest BCUT2D eigenvalue weighted by molar-refractivity contribution is 0.281. The fourth-order valence-corrected chi connectivity index (χ4v) is 2.15. The van der Waals surface area contributed by atoms with Crippen LogP contribution in [0, 0.1) is 5.82 Å². The third-order valence-electron chi connectivity index (χ3n) is 2.75. The average Bonchev–Trinajstić information content (AvgIpc) is 2.38. The van der Waals surface area contributed by atoms with E-state index in [9.17, 15) is 4.39 Å². The van der Waals surface area contributed by atoms with Gasteiger partial charge in [0.1, 0.15) is 5.82 Å². The molecule has 0 saturated carbocycles. The smallest absolute Gasteiger partial charge is 0.125 e. The van der Waals surface area contributed by atoms with E-state index in [0.717, 1.165) is 16.7 Å². The molecule has 0 unspecified atom stereocenters. The van der Waals surface area contributed by atoms with Crippen LogP contribution in [-0.2, 0) is 19.7 Å². The molecule has 0 aromatic heterocycles. The molecule has 100 valence electrons. The summed E-state index contributed by atoms with van der Waals surface area (Å²) in [5.41, 5.74) is 2.77. The first kappa shape index (κ1) is 14.0. The van der Waals surface area contributed by atoms with E-state index in [1.54, 1.807) is 6.07 Å². The number of hydrogen-bond donors (Lipinski definition) is 2. The molecule has 2 aromatic rings. The van der Waals surface area contributed by atoms with Crippen LogP contribution in [-0.4, -0.2) is 5.11 Å². The molecule has 2 N–H and O–H groups in total. The van der Waals surface area contributed by atoms with Crippen molar-refractivity contribution in [2.75, 3.05) is 0 Å². The van der Waals surface area contributed by atoms with E-state index in [2.05, 4.69) is 5.32 Å². The fourth-order valence-electron chi connectivity index (χ4n) is 1.90. The normalized spacial score (nSPS) is 10.7. The lowest BCUT2D eigenvalue weighted by Crippen LogP contribution is -2.13. The Labute approximate surface area is 116 Å². The summed E-state index contributed by atoms with van der Waals surface area (Å²) in [4.78, 5) is 0. The van der Waals surface area contributed by atoms with Crippen molar-refractivity contribution in [3.63, 3.8) is 0 Å². The molecular formula is C15H15ClFNO. The molecule has 4 heteroatoms. The highest BCUT2D eigenvalue weighted by molar-refractivity contribution is 6.30. The van der Waals surface area contributed by atoms with Gasteiger partial charge in [-0.3, -0.25) is 0 Å². The minimum Gasteiger partial charge on any atom is -0.392 e. The predicted octanol–water partition coefficient (Wildman–Crippen LogP) is 3.26. The summed E-state index contributed by atoms with van der Waals surface area (Å²) in [6.45, 7) is 1.23. The van der Waals surface area contributed by atoms with E-state index in [1.165, 1.54) is 12.1 Å². The second-order valence-corrected chi connectivity index (χ2v) is 4.80. The van der Waals surface area contributed by atoms with Gasteiger partial charge in [0.15, 0.2) is 0 Å². The summed E-state index contributed by atoms with van der Waals surface area (Å²) >= 11 is 5.79. The quantitative estimate of drug-likeness (QED) is 0.880. The summed E-state index contributed by atoms with van der Waals surface area (Å²) in [5.74, 6) is -0.327. The number of rotatable bonds is 5. The highest BCUT2D eigenvalue weighted by Crippen LogP contribution is 2.14. The number of aliphatic hydroxyl groups excluding tert-OH is 1.